The molecule has 0 fully saturated rings. The van der Waals surface area contributed by atoms with E-state index in [1.165, 1.54) is 37.3 Å². The molecule has 4 aromatic carbocycles. The van der Waals surface area contributed by atoms with Gasteiger partial charge in [-0.25, -0.2) is 30.7 Å². The summed E-state index contributed by atoms with van der Waals surface area (Å²) < 4.78 is 123. The maximum Gasteiger partial charge on any atom is 0.201 e. The number of hydrogen-bond acceptors (Lipinski definition) is 2. The van der Waals surface area contributed by atoms with Crippen molar-refractivity contribution < 1.29 is 44.6 Å². The lowest BCUT2D eigenvalue weighted by Crippen LogP contribution is -2.02. The Morgan fingerprint density at radius 2 is 1.10 bits per heavy atom. The van der Waals surface area contributed by atoms with Crippen molar-refractivity contribution >= 4 is 0 Å². The highest BCUT2D eigenvalue weighted by Gasteiger charge is 2.19. The zero-order valence-electron chi connectivity index (χ0n) is 27.9. The average molecular weight is 705 g/mol. The second-order valence-corrected chi connectivity index (χ2v) is 12.3. The molecule has 1 atom stereocenters. The highest BCUT2D eigenvalue weighted by Crippen LogP contribution is 2.33. The van der Waals surface area contributed by atoms with Crippen molar-refractivity contribution in [2.75, 3.05) is 13.2 Å². The highest BCUT2D eigenvalue weighted by atomic mass is 19.2. The number of aryl methyl sites for hydroxylation is 1. The summed E-state index contributed by atoms with van der Waals surface area (Å²) in [6.45, 7) is 5.97. The van der Waals surface area contributed by atoms with Crippen LogP contribution in [-0.2, 0) is 0 Å². The van der Waals surface area contributed by atoms with Crippen LogP contribution in [0.15, 0.2) is 67.3 Å². The van der Waals surface area contributed by atoms with Gasteiger partial charge in [0.1, 0.15) is 11.6 Å². The van der Waals surface area contributed by atoms with Crippen molar-refractivity contribution in [1.29, 1.82) is 0 Å². The number of halogens is 8. The van der Waals surface area contributed by atoms with E-state index in [1.807, 2.05) is 6.08 Å². The zero-order valence-corrected chi connectivity index (χ0v) is 27.9. The van der Waals surface area contributed by atoms with Crippen LogP contribution >= 0.6 is 0 Å². The SMILES string of the molecule is C=CC(CCCCCCOc1ccc(-c2ccc(C)c(F)c2F)c(F)c1)CCCCCCOc1ccc(-c2cc(F)c(F)c(F)c2)c(F)c1F. The molecule has 0 aliphatic heterocycles. The van der Waals surface area contributed by atoms with Gasteiger partial charge in [-0.15, -0.1) is 6.58 Å². The predicted octanol–water partition coefficient (Wildman–Crippen LogP) is 12.6. The Bertz CT molecular complexity index is 1730. The quantitative estimate of drug-likeness (QED) is 0.0419. The van der Waals surface area contributed by atoms with E-state index in [0.29, 0.717) is 36.8 Å². The summed E-state index contributed by atoms with van der Waals surface area (Å²) in [6, 6.07) is 10.4. The third-order valence-electron chi connectivity index (χ3n) is 8.65. The van der Waals surface area contributed by atoms with Gasteiger partial charge >= 0.3 is 0 Å². The van der Waals surface area contributed by atoms with Crippen LogP contribution in [-0.4, -0.2) is 13.2 Å². The first-order valence-electron chi connectivity index (χ1n) is 16.8. The lowest BCUT2D eigenvalue weighted by atomic mass is 9.94. The maximum absolute atomic E-state index is 14.6. The van der Waals surface area contributed by atoms with Crippen LogP contribution in [0.4, 0.5) is 35.1 Å². The molecule has 0 saturated heterocycles. The average Bonchev–Trinajstić information content (AvgIpc) is 3.09. The van der Waals surface area contributed by atoms with Crippen molar-refractivity contribution in [2.45, 2.75) is 71.1 Å². The van der Waals surface area contributed by atoms with Gasteiger partial charge in [-0.2, -0.15) is 4.39 Å². The molecule has 0 N–H and O–H groups in total. The Kier molecular flexibility index (Phi) is 14.3. The van der Waals surface area contributed by atoms with Gasteiger partial charge in [-0.05, 0) is 86.1 Å². The first-order chi connectivity index (χ1) is 24.0. The molecule has 1 unspecified atom stereocenters. The third-order valence-corrected chi connectivity index (χ3v) is 8.65. The minimum absolute atomic E-state index is 0.0286. The summed E-state index contributed by atoms with van der Waals surface area (Å²) in [6.07, 6.45) is 11.1. The highest BCUT2D eigenvalue weighted by molar-refractivity contribution is 5.67. The second-order valence-electron chi connectivity index (χ2n) is 12.3. The fourth-order valence-electron chi connectivity index (χ4n) is 5.71. The molecule has 0 radical (unpaired) electrons. The smallest absolute Gasteiger partial charge is 0.201 e. The molecule has 4 aromatic rings. The maximum atomic E-state index is 14.6. The van der Waals surface area contributed by atoms with Crippen LogP contribution in [0, 0.1) is 59.4 Å². The Morgan fingerprint density at radius 1 is 0.540 bits per heavy atom. The molecule has 0 amide bonds. The molecular formula is C40H40F8O2. The van der Waals surface area contributed by atoms with Crippen molar-refractivity contribution in [3.8, 4) is 33.8 Å². The molecule has 0 aliphatic rings. The van der Waals surface area contributed by atoms with Crippen molar-refractivity contribution in [3.63, 3.8) is 0 Å². The van der Waals surface area contributed by atoms with Gasteiger partial charge in [0, 0.05) is 22.8 Å². The minimum atomic E-state index is -1.69. The lowest BCUT2D eigenvalue weighted by molar-refractivity contribution is 0.284. The van der Waals surface area contributed by atoms with Gasteiger partial charge in [0.05, 0.1) is 13.2 Å². The molecule has 0 saturated carbocycles. The first-order valence-corrected chi connectivity index (χ1v) is 16.8. The molecular weight excluding hydrogens is 664 g/mol. The summed E-state index contributed by atoms with van der Waals surface area (Å²) >= 11 is 0. The Labute approximate surface area is 287 Å². The summed E-state index contributed by atoms with van der Waals surface area (Å²) in [5.41, 5.74) is -0.749. The number of unbranched alkanes of at least 4 members (excludes halogenated alkanes) is 6. The van der Waals surface area contributed by atoms with Gasteiger partial charge < -0.3 is 9.47 Å². The standard InChI is InChI=1S/C40H40F8O2/c1-3-26(12-8-4-6-10-20-49-28-15-17-30(32(41)24-28)31-16-14-25(2)36(44)38(31)46)13-9-5-7-11-21-50-35-19-18-29(37(45)40(35)48)27-22-33(42)39(47)34(43)23-27/h3,14-19,22-24,26H,1,4-13,20-21H2,2H3. The molecule has 0 spiro atoms. The largest absolute Gasteiger partial charge is 0.493 e. The zero-order chi connectivity index (χ0) is 36.2. The Hall–Kier alpha value is -4.34. The Morgan fingerprint density at radius 3 is 1.72 bits per heavy atom. The molecule has 0 bridgehead atoms. The van der Waals surface area contributed by atoms with Gasteiger partial charge in [0.2, 0.25) is 5.82 Å². The summed E-state index contributed by atoms with van der Waals surface area (Å²) in [4.78, 5) is 0. The van der Waals surface area contributed by atoms with Crippen LogP contribution in [0.3, 0.4) is 0 Å². The van der Waals surface area contributed by atoms with Gasteiger partial charge in [0.15, 0.2) is 40.7 Å². The van der Waals surface area contributed by atoms with Crippen molar-refractivity contribution in [1.82, 2.24) is 0 Å². The topological polar surface area (TPSA) is 18.5 Å². The van der Waals surface area contributed by atoms with Crippen LogP contribution in [0.1, 0.15) is 69.8 Å². The van der Waals surface area contributed by atoms with Crippen LogP contribution in [0.5, 0.6) is 11.5 Å². The van der Waals surface area contributed by atoms with E-state index < -0.39 is 52.1 Å². The van der Waals surface area contributed by atoms with Crippen LogP contribution in [0.25, 0.3) is 22.3 Å². The molecule has 4 rings (SSSR count). The Balaban J connectivity index is 1.06. The van der Waals surface area contributed by atoms with Crippen molar-refractivity contribution in [3.05, 3.63) is 119 Å². The van der Waals surface area contributed by atoms with E-state index in [0.717, 1.165) is 63.9 Å². The molecule has 2 nitrogen and oxygen atoms in total. The summed E-state index contributed by atoms with van der Waals surface area (Å²) in [5, 5.41) is 0. The lowest BCUT2D eigenvalue weighted by Gasteiger charge is -2.13. The van der Waals surface area contributed by atoms with Gasteiger partial charge in [0.25, 0.3) is 0 Å². The van der Waals surface area contributed by atoms with Crippen molar-refractivity contribution in [2.24, 2.45) is 5.92 Å². The van der Waals surface area contributed by atoms with Crippen LogP contribution in [0.2, 0.25) is 0 Å². The third kappa shape index (κ3) is 10.1. The minimum Gasteiger partial charge on any atom is -0.493 e. The number of allylic oxidation sites excluding steroid dienone is 1. The van der Waals surface area contributed by atoms with E-state index >= 15 is 0 Å². The molecule has 10 heteroatoms. The van der Waals surface area contributed by atoms with E-state index in [9.17, 15) is 35.1 Å². The van der Waals surface area contributed by atoms with E-state index in [1.54, 1.807) is 6.07 Å². The first kappa shape index (κ1) is 38.5. The summed E-state index contributed by atoms with van der Waals surface area (Å²) in [7, 11) is 0. The summed E-state index contributed by atoms with van der Waals surface area (Å²) in [5.74, 6) is -9.67. The monoisotopic (exact) mass is 704 g/mol. The normalized spacial score (nSPS) is 11.9. The molecule has 50 heavy (non-hydrogen) atoms. The van der Waals surface area contributed by atoms with Gasteiger partial charge in [-0.3, -0.25) is 0 Å². The predicted molar refractivity (Wildman–Crippen MR) is 179 cm³/mol. The fraction of sp³-hybridized carbons (Fsp3) is 0.350. The number of rotatable bonds is 19. The van der Waals surface area contributed by atoms with E-state index in [-0.39, 0.29) is 34.6 Å². The number of benzene rings is 4. The van der Waals surface area contributed by atoms with Gasteiger partial charge in [-0.1, -0.05) is 56.7 Å². The fourth-order valence-corrected chi connectivity index (χ4v) is 5.71. The molecule has 0 aromatic heterocycles. The second kappa shape index (κ2) is 18.6. The molecule has 0 heterocycles. The number of ether oxygens (including phenoxy) is 2. The van der Waals surface area contributed by atoms with E-state index in [2.05, 4.69) is 6.58 Å². The molecule has 268 valence electrons. The van der Waals surface area contributed by atoms with E-state index in [4.69, 9.17) is 9.47 Å². The number of hydrogen-bond donors (Lipinski definition) is 0. The molecule has 0 aliphatic carbocycles. The van der Waals surface area contributed by atoms with Crippen LogP contribution < -0.4 is 9.47 Å².